The van der Waals surface area contributed by atoms with Gasteiger partial charge in [0.15, 0.2) is 5.75 Å². The normalized spacial score (nSPS) is 11.7. The van der Waals surface area contributed by atoms with E-state index in [0.29, 0.717) is 4.57 Å². The Morgan fingerprint density at radius 2 is 1.89 bits per heavy atom. The van der Waals surface area contributed by atoms with Crippen LogP contribution in [0, 0.1) is 10.1 Å². The molecule has 0 aliphatic carbocycles. The van der Waals surface area contributed by atoms with Gasteiger partial charge in [0, 0.05) is 24.6 Å². The fourth-order valence-electron chi connectivity index (χ4n) is 2.63. The van der Waals surface area contributed by atoms with Gasteiger partial charge in [-0.1, -0.05) is 0 Å². The lowest BCUT2D eigenvalue weighted by Crippen LogP contribution is -2.40. The summed E-state index contributed by atoms with van der Waals surface area (Å²) in [7, 11) is 2.05. The van der Waals surface area contributed by atoms with Crippen molar-refractivity contribution in [3.05, 3.63) is 61.1 Å². The van der Waals surface area contributed by atoms with Gasteiger partial charge in [-0.05, 0) is 0 Å². The average Bonchev–Trinajstić information content (AvgIpc) is 2.98. The first-order chi connectivity index (χ1) is 12.6. The van der Waals surface area contributed by atoms with Crippen LogP contribution in [0.3, 0.4) is 0 Å². The van der Waals surface area contributed by atoms with Gasteiger partial charge in [-0.3, -0.25) is 19.5 Å². The maximum atomic E-state index is 12.9. The van der Waals surface area contributed by atoms with Crippen molar-refractivity contribution in [1.29, 1.82) is 0 Å². The first kappa shape index (κ1) is 18.2. The molecule has 0 saturated heterocycles. The second kappa shape index (κ2) is 6.00. The van der Waals surface area contributed by atoms with Crippen molar-refractivity contribution >= 4 is 16.7 Å². The van der Waals surface area contributed by atoms with Gasteiger partial charge in [0.05, 0.1) is 18.1 Å². The Balaban J connectivity index is 2.34. The number of aromatic nitrogens is 2. The molecule has 27 heavy (non-hydrogen) atoms. The predicted octanol–water partition coefficient (Wildman–Crippen LogP) is 2.22. The molecule has 0 saturated carbocycles. The van der Waals surface area contributed by atoms with Crippen LogP contribution in [0.15, 0.2) is 38.5 Å². The SMILES string of the molecule is COc1cc2c(-n3c(=O)cc(C(F)(F)F)n(C)c3=O)coc2cc1[N+](=O)[O-]. The van der Waals surface area contributed by atoms with E-state index in [1.807, 2.05) is 0 Å². The van der Waals surface area contributed by atoms with Crippen LogP contribution in [0.1, 0.15) is 5.69 Å². The lowest BCUT2D eigenvalue weighted by atomic mass is 10.2. The molecule has 0 radical (unpaired) electrons. The van der Waals surface area contributed by atoms with Gasteiger partial charge in [0.2, 0.25) is 0 Å². The van der Waals surface area contributed by atoms with E-state index in [9.17, 15) is 32.9 Å². The molecule has 12 heteroatoms. The maximum absolute atomic E-state index is 12.9. The smallest absolute Gasteiger partial charge is 0.431 e. The minimum absolute atomic E-state index is 0.0497. The Hall–Kier alpha value is -3.57. The molecule has 0 unspecified atom stereocenters. The second-order valence-electron chi connectivity index (χ2n) is 5.44. The molecule has 0 N–H and O–H groups in total. The molecule has 0 atom stereocenters. The Labute approximate surface area is 147 Å². The highest BCUT2D eigenvalue weighted by molar-refractivity contribution is 5.90. The van der Waals surface area contributed by atoms with Crippen LogP contribution >= 0.6 is 0 Å². The minimum atomic E-state index is -4.89. The fourth-order valence-corrected chi connectivity index (χ4v) is 2.63. The summed E-state index contributed by atoms with van der Waals surface area (Å²) in [5, 5.41) is 11.1. The first-order valence-electron chi connectivity index (χ1n) is 7.20. The summed E-state index contributed by atoms with van der Waals surface area (Å²) >= 11 is 0. The number of benzene rings is 1. The summed E-state index contributed by atoms with van der Waals surface area (Å²) in [5.74, 6) is -0.174. The molecule has 0 spiro atoms. The number of nitro groups is 1. The van der Waals surface area contributed by atoms with Gasteiger partial charge < -0.3 is 9.15 Å². The van der Waals surface area contributed by atoms with Crippen LogP contribution in [0.2, 0.25) is 0 Å². The van der Waals surface area contributed by atoms with Crippen molar-refractivity contribution in [2.24, 2.45) is 7.05 Å². The predicted molar refractivity (Wildman–Crippen MR) is 85.3 cm³/mol. The van der Waals surface area contributed by atoms with Gasteiger partial charge in [-0.15, -0.1) is 0 Å². The number of nitrogens with zero attached hydrogens (tertiary/aromatic N) is 3. The van der Waals surface area contributed by atoms with Gasteiger partial charge >= 0.3 is 17.6 Å². The molecule has 0 aliphatic heterocycles. The van der Waals surface area contributed by atoms with Gasteiger partial charge in [-0.25, -0.2) is 9.36 Å². The van der Waals surface area contributed by atoms with E-state index in [1.54, 1.807) is 0 Å². The summed E-state index contributed by atoms with van der Waals surface area (Å²) in [4.78, 5) is 34.9. The monoisotopic (exact) mass is 385 g/mol. The summed E-state index contributed by atoms with van der Waals surface area (Å²) in [6.45, 7) is 0. The quantitative estimate of drug-likeness (QED) is 0.505. The van der Waals surface area contributed by atoms with Crippen LogP contribution in [-0.4, -0.2) is 21.2 Å². The molecule has 2 aromatic heterocycles. The molecule has 0 aliphatic rings. The van der Waals surface area contributed by atoms with Crippen molar-refractivity contribution in [1.82, 2.24) is 9.13 Å². The molecule has 3 rings (SSSR count). The number of halogens is 3. The van der Waals surface area contributed by atoms with Crippen LogP contribution in [-0.2, 0) is 13.2 Å². The molecule has 142 valence electrons. The molecule has 0 bridgehead atoms. The van der Waals surface area contributed by atoms with Crippen molar-refractivity contribution in [2.75, 3.05) is 7.11 Å². The highest BCUT2D eigenvalue weighted by atomic mass is 19.4. The van der Waals surface area contributed by atoms with Gasteiger partial charge in [0.1, 0.15) is 23.2 Å². The van der Waals surface area contributed by atoms with Crippen molar-refractivity contribution in [3.63, 3.8) is 0 Å². The van der Waals surface area contributed by atoms with Crippen molar-refractivity contribution in [2.45, 2.75) is 6.18 Å². The molecule has 9 nitrogen and oxygen atoms in total. The zero-order valence-electron chi connectivity index (χ0n) is 13.7. The summed E-state index contributed by atoms with van der Waals surface area (Å²) in [6, 6.07) is 2.47. The molecular weight excluding hydrogens is 375 g/mol. The fraction of sp³-hybridized carbons (Fsp3) is 0.200. The van der Waals surface area contributed by atoms with Gasteiger partial charge in [-0.2, -0.15) is 13.2 Å². The zero-order chi connectivity index (χ0) is 20.1. The molecular formula is C15H10F3N3O6. The number of fused-ring (bicyclic) bond motifs is 1. The lowest BCUT2D eigenvalue weighted by Gasteiger charge is -2.13. The number of alkyl halides is 3. The minimum Gasteiger partial charge on any atom is -0.490 e. The summed E-state index contributed by atoms with van der Waals surface area (Å²) in [5.41, 5.74) is -4.53. The number of hydrogen-bond donors (Lipinski definition) is 0. The van der Waals surface area contributed by atoms with E-state index >= 15 is 0 Å². The number of ether oxygens (including phenoxy) is 1. The highest BCUT2D eigenvalue weighted by Crippen LogP contribution is 2.35. The van der Waals surface area contributed by atoms with Crippen molar-refractivity contribution in [3.8, 4) is 11.4 Å². The van der Waals surface area contributed by atoms with Crippen LogP contribution in [0.5, 0.6) is 5.75 Å². The maximum Gasteiger partial charge on any atom is 0.431 e. The topological polar surface area (TPSA) is 110 Å². The number of hydrogen-bond acceptors (Lipinski definition) is 6. The molecule has 3 aromatic rings. The molecule has 0 amide bonds. The van der Waals surface area contributed by atoms with Gasteiger partial charge in [0.25, 0.3) is 5.56 Å². The van der Waals surface area contributed by atoms with Crippen LogP contribution in [0.4, 0.5) is 18.9 Å². The molecule has 1 aromatic carbocycles. The Bertz CT molecular complexity index is 1190. The van der Waals surface area contributed by atoms with E-state index in [-0.39, 0.29) is 33.0 Å². The number of methoxy groups -OCH3 is 1. The third-order valence-corrected chi connectivity index (χ3v) is 3.90. The zero-order valence-corrected chi connectivity index (χ0v) is 13.7. The van der Waals surface area contributed by atoms with Crippen molar-refractivity contribution < 1.29 is 27.2 Å². The van der Waals surface area contributed by atoms with E-state index < -0.39 is 33.7 Å². The lowest BCUT2D eigenvalue weighted by molar-refractivity contribution is -0.385. The van der Waals surface area contributed by atoms with Crippen LogP contribution < -0.4 is 16.0 Å². The standard InChI is InChI=1S/C15H10F3N3O6/c1-19-12(15(16,17)18)5-13(22)20(14(19)23)9-6-27-10-4-8(21(24)25)11(26-2)3-7(9)10/h3-6H,1-2H3. The Morgan fingerprint density at radius 3 is 2.44 bits per heavy atom. The highest BCUT2D eigenvalue weighted by Gasteiger charge is 2.35. The number of rotatable bonds is 3. The summed E-state index contributed by atoms with van der Waals surface area (Å²) in [6.07, 6.45) is -3.95. The van der Waals surface area contributed by atoms with E-state index in [0.717, 1.165) is 25.4 Å². The molecule has 2 heterocycles. The largest absolute Gasteiger partial charge is 0.490 e. The van der Waals surface area contributed by atoms with E-state index in [4.69, 9.17) is 9.15 Å². The third kappa shape index (κ3) is 2.84. The Kier molecular flexibility index (Phi) is 4.05. The van der Waals surface area contributed by atoms with E-state index in [1.165, 1.54) is 7.11 Å². The second-order valence-corrected chi connectivity index (χ2v) is 5.44. The summed E-state index contributed by atoms with van der Waals surface area (Å²) < 4.78 is 49.7. The molecule has 0 fully saturated rings. The number of nitro benzene ring substituents is 1. The average molecular weight is 385 g/mol. The third-order valence-electron chi connectivity index (χ3n) is 3.90. The first-order valence-corrected chi connectivity index (χ1v) is 7.20. The van der Waals surface area contributed by atoms with E-state index in [2.05, 4.69) is 0 Å². The van der Waals surface area contributed by atoms with Crippen LogP contribution in [0.25, 0.3) is 16.7 Å². The Morgan fingerprint density at radius 1 is 1.22 bits per heavy atom. The number of furan rings is 1.